The molecular formula is C37H29N2O. The van der Waals surface area contributed by atoms with Crippen LogP contribution in [0.25, 0.3) is 17.2 Å². The van der Waals surface area contributed by atoms with Gasteiger partial charge in [-0.1, -0.05) is 91.9 Å². The van der Waals surface area contributed by atoms with E-state index >= 15 is 0 Å². The fourth-order valence-corrected chi connectivity index (χ4v) is 7.00. The minimum Gasteiger partial charge on any atom is -0.485 e. The maximum Gasteiger partial charge on any atom is 0.163 e. The maximum absolute atomic E-state index is 6.33. The zero-order valence-electron chi connectivity index (χ0n) is 22.5. The van der Waals surface area contributed by atoms with Gasteiger partial charge in [0.25, 0.3) is 0 Å². The van der Waals surface area contributed by atoms with Crippen molar-refractivity contribution in [3.8, 4) is 0 Å². The maximum atomic E-state index is 6.33. The molecule has 0 N–H and O–H groups in total. The van der Waals surface area contributed by atoms with Crippen LogP contribution in [0.5, 0.6) is 0 Å². The van der Waals surface area contributed by atoms with Gasteiger partial charge in [-0.3, -0.25) is 4.99 Å². The summed E-state index contributed by atoms with van der Waals surface area (Å²) < 4.78 is 6.33. The van der Waals surface area contributed by atoms with Crippen molar-refractivity contribution < 1.29 is 4.74 Å². The molecule has 0 spiro atoms. The summed E-state index contributed by atoms with van der Waals surface area (Å²) in [5.41, 5.74) is 7.60. The van der Waals surface area contributed by atoms with Crippen LogP contribution in [0.3, 0.4) is 0 Å². The number of allylic oxidation sites excluding steroid dienone is 1. The Hall–Kier alpha value is -4.50. The Morgan fingerprint density at radius 1 is 0.875 bits per heavy atom. The van der Waals surface area contributed by atoms with E-state index in [1.807, 2.05) is 36.5 Å². The van der Waals surface area contributed by atoms with E-state index in [4.69, 9.17) is 14.7 Å². The number of dihydropyridines is 1. The Labute approximate surface area is 233 Å². The molecule has 1 radical (unpaired) electrons. The lowest BCUT2D eigenvalue weighted by molar-refractivity contribution is 0.216. The number of rotatable bonds is 4. The van der Waals surface area contributed by atoms with Gasteiger partial charge in [-0.15, -0.1) is 0 Å². The van der Waals surface area contributed by atoms with E-state index in [-0.39, 0.29) is 6.04 Å². The zero-order chi connectivity index (χ0) is 26.6. The van der Waals surface area contributed by atoms with Gasteiger partial charge >= 0.3 is 0 Å². The molecule has 4 aromatic rings. The molecule has 0 saturated carbocycles. The summed E-state index contributed by atoms with van der Waals surface area (Å²) in [6.07, 6.45) is 7.62. The van der Waals surface area contributed by atoms with Crippen molar-refractivity contribution in [3.05, 3.63) is 151 Å². The van der Waals surface area contributed by atoms with Gasteiger partial charge in [0.2, 0.25) is 0 Å². The summed E-state index contributed by atoms with van der Waals surface area (Å²) in [6.45, 7) is 2.83. The third-order valence-electron chi connectivity index (χ3n) is 8.75. The SMILES string of the molecule is CC1C=c2ccccc2=c2ccc3c(c21)CCCC=3C1N=CC(OCc2ccccc2)=C2N=c3c[c]ccc3=C21. The zero-order valence-corrected chi connectivity index (χ0v) is 22.5. The van der Waals surface area contributed by atoms with Gasteiger partial charge in [0.05, 0.1) is 17.6 Å². The van der Waals surface area contributed by atoms with E-state index in [9.17, 15) is 0 Å². The number of fused-ring (bicyclic) bond motifs is 6. The second-order valence-corrected chi connectivity index (χ2v) is 11.1. The molecular weight excluding hydrogens is 488 g/mol. The second kappa shape index (κ2) is 9.31. The van der Waals surface area contributed by atoms with E-state index in [1.54, 1.807) is 0 Å². The topological polar surface area (TPSA) is 34.0 Å². The first kappa shape index (κ1) is 23.4. The molecule has 0 saturated heterocycles. The van der Waals surface area contributed by atoms with Crippen molar-refractivity contribution >= 4 is 23.4 Å². The van der Waals surface area contributed by atoms with E-state index in [2.05, 4.69) is 73.7 Å². The van der Waals surface area contributed by atoms with Crippen molar-refractivity contribution in [1.29, 1.82) is 0 Å². The molecule has 0 amide bonds. The van der Waals surface area contributed by atoms with Gasteiger partial charge in [-0.25, -0.2) is 4.99 Å². The Bertz CT molecular complexity index is 2110. The number of ether oxygens (including phenoxy) is 1. The standard InChI is InChI=1S/C37H29N2O/c1-23-20-25-12-5-6-13-26(25)29-19-18-27-28(34(23)29)15-9-16-30(27)36-35-31-14-7-8-17-32(31)39-37(35)33(21-38-36)40-22-24-10-3-2-4-11-24/h2-7,10-14,17-21,23,36H,9,15-16,22H2,1H3. The van der Waals surface area contributed by atoms with Crippen LogP contribution in [-0.2, 0) is 17.8 Å². The largest absolute Gasteiger partial charge is 0.485 e. The monoisotopic (exact) mass is 517 g/mol. The van der Waals surface area contributed by atoms with Crippen LogP contribution >= 0.6 is 0 Å². The highest BCUT2D eigenvalue weighted by molar-refractivity contribution is 5.93. The van der Waals surface area contributed by atoms with E-state index in [1.165, 1.54) is 43.1 Å². The summed E-state index contributed by atoms with van der Waals surface area (Å²) in [4.78, 5) is 10.2. The molecule has 3 nitrogen and oxygen atoms in total. The van der Waals surface area contributed by atoms with Crippen LogP contribution in [0.1, 0.15) is 42.4 Å². The van der Waals surface area contributed by atoms with E-state index in [0.29, 0.717) is 12.5 Å². The van der Waals surface area contributed by atoms with Gasteiger partial charge in [-0.2, -0.15) is 0 Å². The summed E-state index contributed by atoms with van der Waals surface area (Å²) in [5.74, 6) is 1.13. The van der Waals surface area contributed by atoms with Crippen LogP contribution in [0.2, 0.25) is 0 Å². The molecule has 0 fully saturated rings. The fraction of sp³-hybridized carbons (Fsp3) is 0.189. The number of aliphatic imine (C=N–C) groups is 1. The lowest BCUT2D eigenvalue weighted by Gasteiger charge is -2.28. The number of benzene rings is 4. The molecule has 2 aliphatic heterocycles. The number of hydrogen-bond donors (Lipinski definition) is 0. The Morgan fingerprint density at radius 2 is 1.73 bits per heavy atom. The molecule has 2 atom stereocenters. The Balaban J connectivity index is 1.32. The van der Waals surface area contributed by atoms with E-state index in [0.717, 1.165) is 46.9 Å². The van der Waals surface area contributed by atoms with Crippen LogP contribution in [-0.4, -0.2) is 12.3 Å². The average Bonchev–Trinajstić information content (AvgIpc) is 3.40. The minimum absolute atomic E-state index is 0.0706. The molecule has 4 aromatic carbocycles. The molecule has 193 valence electrons. The molecule has 0 aromatic heterocycles. The third kappa shape index (κ3) is 3.65. The molecule has 8 rings (SSSR count). The van der Waals surface area contributed by atoms with Crippen molar-refractivity contribution in [2.45, 2.75) is 44.8 Å². The smallest absolute Gasteiger partial charge is 0.163 e. The molecule has 2 unspecified atom stereocenters. The highest BCUT2D eigenvalue weighted by atomic mass is 16.5. The lowest BCUT2D eigenvalue weighted by Crippen LogP contribution is -2.32. The van der Waals surface area contributed by atoms with Crippen molar-refractivity contribution in [1.82, 2.24) is 0 Å². The molecule has 3 heteroatoms. The quantitative estimate of drug-likeness (QED) is 0.392. The predicted molar refractivity (Wildman–Crippen MR) is 159 cm³/mol. The summed E-state index contributed by atoms with van der Waals surface area (Å²) in [7, 11) is 0. The highest BCUT2D eigenvalue weighted by Gasteiger charge is 2.33. The second-order valence-electron chi connectivity index (χ2n) is 11.1. The van der Waals surface area contributed by atoms with Gasteiger partial charge < -0.3 is 4.74 Å². The van der Waals surface area contributed by atoms with Crippen LogP contribution in [0.4, 0.5) is 0 Å². The fourth-order valence-electron chi connectivity index (χ4n) is 7.00. The highest BCUT2D eigenvalue weighted by Crippen LogP contribution is 2.36. The van der Waals surface area contributed by atoms with Crippen molar-refractivity contribution in [3.63, 3.8) is 0 Å². The van der Waals surface area contributed by atoms with Gasteiger partial charge in [-0.05, 0) is 74.5 Å². The lowest BCUT2D eigenvalue weighted by atomic mass is 9.79. The number of nitrogens with zero attached hydrogens (tertiary/aromatic N) is 2. The van der Waals surface area contributed by atoms with Gasteiger partial charge in [0, 0.05) is 16.7 Å². The summed E-state index contributed by atoms with van der Waals surface area (Å²) in [5, 5.41) is 7.55. The predicted octanol–water partition coefficient (Wildman–Crippen LogP) is 4.52. The van der Waals surface area contributed by atoms with Crippen LogP contribution < -0.4 is 21.0 Å². The molecule has 40 heavy (non-hydrogen) atoms. The van der Waals surface area contributed by atoms with Crippen molar-refractivity contribution in [2.75, 3.05) is 0 Å². The Morgan fingerprint density at radius 3 is 2.65 bits per heavy atom. The first-order valence-electron chi connectivity index (χ1n) is 14.3. The first-order chi connectivity index (χ1) is 19.8. The summed E-state index contributed by atoms with van der Waals surface area (Å²) >= 11 is 0. The molecule has 2 heterocycles. The third-order valence-corrected chi connectivity index (χ3v) is 8.75. The molecule has 0 bridgehead atoms. The van der Waals surface area contributed by atoms with Gasteiger partial charge in [0.15, 0.2) is 5.76 Å². The average molecular weight is 518 g/mol. The minimum atomic E-state index is -0.0706. The normalized spacial score (nSPS) is 20.0. The first-order valence-corrected chi connectivity index (χ1v) is 14.3. The van der Waals surface area contributed by atoms with Crippen molar-refractivity contribution in [2.24, 2.45) is 9.98 Å². The summed E-state index contributed by atoms with van der Waals surface area (Å²) in [6, 6.07) is 33.0. The molecule has 2 aliphatic carbocycles. The van der Waals surface area contributed by atoms with Crippen LogP contribution in [0.15, 0.2) is 106 Å². The Kier molecular flexibility index (Phi) is 5.44. The molecule has 4 aliphatic rings. The van der Waals surface area contributed by atoms with Crippen LogP contribution in [0, 0.1) is 16.5 Å². The van der Waals surface area contributed by atoms with Gasteiger partial charge in [0.1, 0.15) is 12.3 Å². The van der Waals surface area contributed by atoms with E-state index < -0.39 is 0 Å². The number of hydrogen-bond acceptors (Lipinski definition) is 3.